The van der Waals surface area contributed by atoms with Crippen LogP contribution in [0.1, 0.15) is 33.6 Å². The highest BCUT2D eigenvalue weighted by Crippen LogP contribution is 2.28. The van der Waals surface area contributed by atoms with Crippen LogP contribution in [0.25, 0.3) is 0 Å². The van der Waals surface area contributed by atoms with Crippen molar-refractivity contribution >= 4 is 5.91 Å². The molecule has 1 N–H and O–H groups in total. The van der Waals surface area contributed by atoms with E-state index in [0.29, 0.717) is 12.5 Å². The second-order valence-corrected chi connectivity index (χ2v) is 7.52. The zero-order valence-electron chi connectivity index (χ0n) is 13.7. The molecule has 2 rings (SSSR count). The lowest BCUT2D eigenvalue weighted by Crippen LogP contribution is -2.52. The van der Waals surface area contributed by atoms with Gasteiger partial charge in [0.05, 0.1) is 12.7 Å². The van der Waals surface area contributed by atoms with Gasteiger partial charge in [-0.15, -0.1) is 0 Å². The van der Waals surface area contributed by atoms with E-state index in [0.717, 1.165) is 32.8 Å². The second kappa shape index (κ2) is 7.07. The third kappa shape index (κ3) is 5.57. The Morgan fingerprint density at radius 1 is 1.24 bits per heavy atom. The van der Waals surface area contributed by atoms with Crippen molar-refractivity contribution in [2.24, 2.45) is 11.3 Å². The smallest absolute Gasteiger partial charge is 0.248 e. The van der Waals surface area contributed by atoms with E-state index in [1.54, 1.807) is 0 Å². The maximum atomic E-state index is 12.0. The average molecular weight is 298 g/mol. The lowest BCUT2D eigenvalue weighted by Gasteiger charge is -2.38. The molecule has 5 heteroatoms. The molecule has 1 saturated heterocycles. The Labute approximate surface area is 128 Å². The fourth-order valence-electron chi connectivity index (χ4n) is 2.39. The molecule has 122 valence electrons. The van der Waals surface area contributed by atoms with Crippen LogP contribution in [0, 0.1) is 11.3 Å². The van der Waals surface area contributed by atoms with E-state index < -0.39 is 0 Å². The normalized spacial score (nSPS) is 22.4. The molecule has 1 saturated carbocycles. The maximum absolute atomic E-state index is 12.0. The first-order chi connectivity index (χ1) is 9.86. The average Bonchev–Trinajstić information content (AvgIpc) is 3.22. The molecule has 0 aromatic heterocycles. The number of piperazine rings is 1. The molecule has 0 aromatic carbocycles. The first kappa shape index (κ1) is 16.7. The van der Waals surface area contributed by atoms with Gasteiger partial charge in [0.2, 0.25) is 5.91 Å². The largest absolute Gasteiger partial charge is 0.391 e. The van der Waals surface area contributed by atoms with Gasteiger partial charge in [0, 0.05) is 32.7 Å². The van der Waals surface area contributed by atoms with Crippen LogP contribution >= 0.6 is 0 Å². The van der Waals surface area contributed by atoms with Crippen LogP contribution in [0.5, 0.6) is 0 Å². The van der Waals surface area contributed by atoms with E-state index in [1.807, 2.05) is 4.90 Å². The van der Waals surface area contributed by atoms with E-state index in [-0.39, 0.29) is 24.0 Å². The molecule has 0 unspecified atom stereocenters. The highest BCUT2D eigenvalue weighted by molar-refractivity contribution is 5.77. The van der Waals surface area contributed by atoms with Gasteiger partial charge in [0.15, 0.2) is 0 Å². The van der Waals surface area contributed by atoms with Crippen molar-refractivity contribution in [2.75, 3.05) is 45.9 Å². The minimum absolute atomic E-state index is 0.0936. The molecule has 1 amide bonds. The van der Waals surface area contributed by atoms with Crippen LogP contribution in [0.4, 0.5) is 0 Å². The van der Waals surface area contributed by atoms with Crippen molar-refractivity contribution in [3.05, 3.63) is 0 Å². The number of amides is 1. The molecule has 0 radical (unpaired) electrons. The summed E-state index contributed by atoms with van der Waals surface area (Å²) in [5.74, 6) is 0.806. The number of hydrogen-bond donors (Lipinski definition) is 1. The highest BCUT2D eigenvalue weighted by Gasteiger charge is 2.28. The van der Waals surface area contributed by atoms with Crippen LogP contribution < -0.4 is 0 Å². The summed E-state index contributed by atoms with van der Waals surface area (Å²) in [5, 5.41) is 10.1. The zero-order valence-corrected chi connectivity index (χ0v) is 13.7. The molecule has 0 aromatic rings. The van der Waals surface area contributed by atoms with Crippen molar-refractivity contribution in [1.29, 1.82) is 0 Å². The molecule has 1 aliphatic heterocycles. The quantitative estimate of drug-likeness (QED) is 0.794. The number of β-amino-alcohol motifs (C(OH)–C–C–N with tert-alkyl or cyclic N) is 1. The van der Waals surface area contributed by atoms with Crippen LogP contribution in [0.3, 0.4) is 0 Å². The molecular weight excluding hydrogens is 268 g/mol. The molecule has 2 fully saturated rings. The molecule has 21 heavy (non-hydrogen) atoms. The molecule has 1 heterocycles. The van der Waals surface area contributed by atoms with Gasteiger partial charge in [0.1, 0.15) is 6.61 Å². The Bertz CT molecular complexity index is 342. The minimum Gasteiger partial charge on any atom is -0.391 e. The summed E-state index contributed by atoms with van der Waals surface area (Å²) in [6, 6.07) is 0. The van der Waals surface area contributed by atoms with Gasteiger partial charge in [-0.25, -0.2) is 0 Å². The fourth-order valence-corrected chi connectivity index (χ4v) is 2.39. The van der Waals surface area contributed by atoms with E-state index >= 15 is 0 Å². The summed E-state index contributed by atoms with van der Waals surface area (Å²) in [6.07, 6.45) is 2.17. The third-order valence-corrected chi connectivity index (χ3v) is 4.43. The van der Waals surface area contributed by atoms with Crippen LogP contribution in [-0.4, -0.2) is 72.9 Å². The Kier molecular flexibility index (Phi) is 5.63. The van der Waals surface area contributed by atoms with E-state index in [9.17, 15) is 9.90 Å². The highest BCUT2D eigenvalue weighted by atomic mass is 16.5. The number of aliphatic hydroxyl groups excluding tert-OH is 1. The van der Waals surface area contributed by atoms with Crippen molar-refractivity contribution in [2.45, 2.75) is 39.7 Å². The first-order valence-electron chi connectivity index (χ1n) is 8.12. The predicted octanol–water partition coefficient (Wildman–Crippen LogP) is 0.964. The summed E-state index contributed by atoms with van der Waals surface area (Å²) in [4.78, 5) is 16.1. The summed E-state index contributed by atoms with van der Waals surface area (Å²) < 4.78 is 5.46. The summed E-state index contributed by atoms with van der Waals surface area (Å²) in [7, 11) is 0. The van der Waals surface area contributed by atoms with Gasteiger partial charge < -0.3 is 14.7 Å². The molecule has 1 aliphatic carbocycles. The van der Waals surface area contributed by atoms with Crippen molar-refractivity contribution in [1.82, 2.24) is 9.80 Å². The van der Waals surface area contributed by atoms with Gasteiger partial charge >= 0.3 is 0 Å². The Hall–Kier alpha value is -0.650. The zero-order chi connectivity index (χ0) is 15.5. The number of aliphatic hydroxyl groups is 1. The third-order valence-electron chi connectivity index (χ3n) is 4.43. The maximum Gasteiger partial charge on any atom is 0.248 e. The number of ether oxygens (including phenoxy) is 1. The fraction of sp³-hybridized carbons (Fsp3) is 0.938. The Balaban J connectivity index is 1.63. The molecule has 1 atom stereocenters. The van der Waals surface area contributed by atoms with Gasteiger partial charge in [-0.2, -0.15) is 0 Å². The standard InChI is InChI=1S/C16H30N2O3/c1-16(2,3)14(19)10-17-6-8-18(9-7-17)15(20)12-21-11-13-4-5-13/h13-14,19H,4-12H2,1-3H3/t14-/m0/s1. The summed E-state index contributed by atoms with van der Waals surface area (Å²) in [5.41, 5.74) is -0.0936. The van der Waals surface area contributed by atoms with Crippen molar-refractivity contribution < 1.29 is 14.6 Å². The number of carbonyl (C=O) groups is 1. The molecule has 5 nitrogen and oxygen atoms in total. The lowest BCUT2D eigenvalue weighted by molar-refractivity contribution is -0.138. The van der Waals surface area contributed by atoms with Crippen LogP contribution in [0.15, 0.2) is 0 Å². The topological polar surface area (TPSA) is 53.0 Å². The Morgan fingerprint density at radius 2 is 1.86 bits per heavy atom. The van der Waals surface area contributed by atoms with Gasteiger partial charge in [-0.3, -0.25) is 9.69 Å². The summed E-state index contributed by atoms with van der Waals surface area (Å²) >= 11 is 0. The predicted molar refractivity (Wildman–Crippen MR) is 82.0 cm³/mol. The van der Waals surface area contributed by atoms with Gasteiger partial charge in [-0.1, -0.05) is 20.8 Å². The molecule has 0 spiro atoms. The molecular formula is C16H30N2O3. The van der Waals surface area contributed by atoms with E-state index in [4.69, 9.17) is 4.74 Å². The number of hydrogen-bond acceptors (Lipinski definition) is 4. The van der Waals surface area contributed by atoms with Crippen LogP contribution in [0.2, 0.25) is 0 Å². The molecule has 0 bridgehead atoms. The number of carbonyl (C=O) groups excluding carboxylic acids is 1. The lowest BCUT2D eigenvalue weighted by atomic mass is 9.89. The van der Waals surface area contributed by atoms with E-state index in [2.05, 4.69) is 25.7 Å². The molecule has 2 aliphatic rings. The van der Waals surface area contributed by atoms with Gasteiger partial charge in [0.25, 0.3) is 0 Å². The monoisotopic (exact) mass is 298 g/mol. The van der Waals surface area contributed by atoms with Crippen molar-refractivity contribution in [3.8, 4) is 0 Å². The number of rotatable bonds is 6. The van der Waals surface area contributed by atoms with E-state index in [1.165, 1.54) is 12.8 Å². The minimum atomic E-state index is -0.332. The second-order valence-electron chi connectivity index (χ2n) is 7.52. The SMILES string of the molecule is CC(C)(C)[C@@H](O)CN1CCN(C(=O)COCC2CC2)CC1. The Morgan fingerprint density at radius 3 is 2.38 bits per heavy atom. The number of nitrogens with zero attached hydrogens (tertiary/aromatic N) is 2. The van der Waals surface area contributed by atoms with Crippen molar-refractivity contribution in [3.63, 3.8) is 0 Å². The van der Waals surface area contributed by atoms with Crippen LogP contribution in [-0.2, 0) is 9.53 Å². The summed E-state index contributed by atoms with van der Waals surface area (Å²) in [6.45, 7) is 10.9. The first-order valence-corrected chi connectivity index (χ1v) is 8.12. The van der Waals surface area contributed by atoms with Gasteiger partial charge in [-0.05, 0) is 24.2 Å².